The number of nitrogens with one attached hydrogen (secondary N) is 1. The van der Waals surface area contributed by atoms with E-state index in [9.17, 15) is 10.1 Å². The number of fused-ring (bicyclic) bond motifs is 1. The van der Waals surface area contributed by atoms with Crippen LogP contribution in [0.25, 0.3) is 0 Å². The second-order valence-electron chi connectivity index (χ2n) is 9.68. The number of nitriles is 1. The molecule has 2 aromatic heterocycles. The van der Waals surface area contributed by atoms with Crippen LogP contribution in [-0.2, 0) is 30.8 Å². The van der Waals surface area contributed by atoms with Gasteiger partial charge in [-0.2, -0.15) is 5.26 Å². The average Bonchev–Trinajstić information content (AvgIpc) is 3.45. The zero-order valence-electron chi connectivity index (χ0n) is 21.3. The van der Waals surface area contributed by atoms with Gasteiger partial charge in [-0.3, -0.25) is 4.79 Å². The fraction of sp³-hybridized carbons (Fsp3) is 0.481. The normalized spacial score (nSPS) is 15.2. The molecule has 1 N–H and O–H groups in total. The van der Waals surface area contributed by atoms with Gasteiger partial charge in [-0.15, -0.1) is 21.5 Å². The molecule has 0 saturated heterocycles. The summed E-state index contributed by atoms with van der Waals surface area (Å²) in [6, 6.07) is 11.9. The predicted molar refractivity (Wildman–Crippen MR) is 144 cm³/mol. The second-order valence-corrected chi connectivity index (χ2v) is 11.7. The topological polar surface area (TPSA) is 92.8 Å². The molecule has 1 atom stereocenters. The van der Waals surface area contributed by atoms with Gasteiger partial charge in [0.15, 0.2) is 11.0 Å². The van der Waals surface area contributed by atoms with E-state index in [-0.39, 0.29) is 17.1 Å². The molecule has 9 heteroatoms. The number of nitrogens with zero attached hydrogens (tertiary/aromatic N) is 4. The SMILES string of the molecule is CCn1c(COc2ccccc2)nnc1SCC(=O)Nc1sc2c(c1C#N)CC[C@@H](C(C)(C)CC)C2. The summed E-state index contributed by atoms with van der Waals surface area (Å²) >= 11 is 2.91. The molecule has 1 aliphatic rings. The lowest BCUT2D eigenvalue weighted by atomic mass is 9.69. The average molecular weight is 524 g/mol. The molecule has 1 aromatic carbocycles. The van der Waals surface area contributed by atoms with E-state index >= 15 is 0 Å². The Morgan fingerprint density at radius 3 is 2.78 bits per heavy atom. The van der Waals surface area contributed by atoms with Crippen LogP contribution in [0.3, 0.4) is 0 Å². The lowest BCUT2D eigenvalue weighted by Gasteiger charge is -2.36. The highest BCUT2D eigenvalue weighted by molar-refractivity contribution is 7.99. The van der Waals surface area contributed by atoms with Crippen LogP contribution in [0.1, 0.15) is 62.4 Å². The van der Waals surface area contributed by atoms with E-state index in [1.165, 1.54) is 16.6 Å². The van der Waals surface area contributed by atoms with Gasteiger partial charge in [-0.1, -0.05) is 57.2 Å². The van der Waals surface area contributed by atoms with Crippen LogP contribution in [0.2, 0.25) is 0 Å². The monoisotopic (exact) mass is 523 g/mol. The first-order valence-electron chi connectivity index (χ1n) is 12.4. The minimum absolute atomic E-state index is 0.145. The number of ether oxygens (including phenoxy) is 1. The summed E-state index contributed by atoms with van der Waals surface area (Å²) in [6.07, 6.45) is 4.10. The number of thioether (sulfide) groups is 1. The minimum Gasteiger partial charge on any atom is -0.486 e. The van der Waals surface area contributed by atoms with Crippen molar-refractivity contribution in [1.29, 1.82) is 5.26 Å². The number of benzene rings is 1. The smallest absolute Gasteiger partial charge is 0.235 e. The first-order valence-corrected chi connectivity index (χ1v) is 14.2. The number of aromatic nitrogens is 3. The summed E-state index contributed by atoms with van der Waals surface area (Å²) in [5, 5.41) is 22.7. The van der Waals surface area contributed by atoms with Gasteiger partial charge in [0, 0.05) is 11.4 Å². The summed E-state index contributed by atoms with van der Waals surface area (Å²) in [4.78, 5) is 14.1. The third-order valence-corrected chi connectivity index (χ3v) is 9.34. The number of carbonyl (C=O) groups is 1. The lowest BCUT2D eigenvalue weighted by Crippen LogP contribution is -2.28. The summed E-state index contributed by atoms with van der Waals surface area (Å²) in [5.41, 5.74) is 2.04. The van der Waals surface area contributed by atoms with Crippen molar-refractivity contribution in [3.63, 3.8) is 0 Å². The third kappa shape index (κ3) is 5.76. The molecule has 0 spiro atoms. The van der Waals surface area contributed by atoms with Crippen molar-refractivity contribution in [2.24, 2.45) is 11.3 Å². The highest BCUT2D eigenvalue weighted by Crippen LogP contribution is 2.45. The van der Waals surface area contributed by atoms with Gasteiger partial charge in [0.2, 0.25) is 5.91 Å². The Morgan fingerprint density at radius 2 is 2.08 bits per heavy atom. The van der Waals surface area contributed by atoms with E-state index in [2.05, 4.69) is 42.4 Å². The summed E-state index contributed by atoms with van der Waals surface area (Å²) < 4.78 is 7.77. The maximum Gasteiger partial charge on any atom is 0.235 e. The molecule has 0 aliphatic heterocycles. The molecule has 36 heavy (non-hydrogen) atoms. The van der Waals surface area contributed by atoms with E-state index in [4.69, 9.17) is 4.74 Å². The molecule has 1 aliphatic carbocycles. The Labute approximate surface area is 221 Å². The Morgan fingerprint density at radius 1 is 1.31 bits per heavy atom. The molecule has 0 fully saturated rings. The maximum absolute atomic E-state index is 12.8. The standard InChI is InChI=1S/C27H33N5O2S2/c1-5-27(3,4)18-12-13-20-21(15-28)25(36-22(20)14-18)29-24(33)17-35-26-31-30-23(32(26)6-2)16-34-19-10-8-7-9-11-19/h7-11,18H,5-6,12-14,16-17H2,1-4H3,(H,29,33)/t18-/m1/s1. The number of hydrogen-bond donors (Lipinski definition) is 1. The number of hydrogen-bond acceptors (Lipinski definition) is 7. The van der Waals surface area contributed by atoms with Crippen LogP contribution < -0.4 is 10.1 Å². The third-order valence-electron chi connectivity index (χ3n) is 7.20. The number of thiophene rings is 1. The van der Waals surface area contributed by atoms with Crippen molar-refractivity contribution in [3.05, 3.63) is 52.2 Å². The zero-order valence-corrected chi connectivity index (χ0v) is 23.0. The number of para-hydroxylation sites is 1. The predicted octanol–water partition coefficient (Wildman–Crippen LogP) is 6.08. The number of amides is 1. The molecule has 4 rings (SSSR count). The molecule has 190 valence electrons. The molecule has 3 aromatic rings. The first-order chi connectivity index (χ1) is 17.4. The summed E-state index contributed by atoms with van der Waals surface area (Å²) in [5.74, 6) is 2.13. The molecule has 2 heterocycles. The lowest BCUT2D eigenvalue weighted by molar-refractivity contribution is -0.113. The first kappa shape index (κ1) is 26.2. The molecule has 0 radical (unpaired) electrons. The highest BCUT2D eigenvalue weighted by atomic mass is 32.2. The number of carbonyl (C=O) groups excluding carboxylic acids is 1. The minimum atomic E-state index is -0.145. The Balaban J connectivity index is 1.38. The summed E-state index contributed by atoms with van der Waals surface area (Å²) in [6.45, 7) is 9.90. The van der Waals surface area contributed by atoms with Crippen LogP contribution in [0.5, 0.6) is 5.75 Å². The molecule has 0 saturated carbocycles. The highest BCUT2D eigenvalue weighted by Gasteiger charge is 2.34. The fourth-order valence-corrected chi connectivity index (χ4v) is 6.67. The van der Waals surface area contributed by atoms with E-state index in [0.29, 0.717) is 40.6 Å². The van der Waals surface area contributed by atoms with Crippen LogP contribution in [0.4, 0.5) is 5.00 Å². The number of anilines is 1. The zero-order chi connectivity index (χ0) is 25.7. The molecule has 0 bridgehead atoms. The van der Waals surface area contributed by atoms with Crippen molar-refractivity contribution < 1.29 is 9.53 Å². The molecule has 1 amide bonds. The van der Waals surface area contributed by atoms with E-state index in [1.807, 2.05) is 41.8 Å². The van der Waals surface area contributed by atoms with E-state index in [1.54, 1.807) is 11.3 Å². The quantitative estimate of drug-likeness (QED) is 0.324. The molecular formula is C27H33N5O2S2. The van der Waals surface area contributed by atoms with Gasteiger partial charge >= 0.3 is 0 Å². The van der Waals surface area contributed by atoms with E-state index in [0.717, 1.165) is 37.0 Å². The Bertz CT molecular complexity index is 1240. The van der Waals surface area contributed by atoms with Crippen LogP contribution in [0, 0.1) is 22.7 Å². The maximum atomic E-state index is 12.8. The van der Waals surface area contributed by atoms with Gasteiger partial charge in [0.05, 0.1) is 11.3 Å². The van der Waals surface area contributed by atoms with E-state index < -0.39 is 0 Å². The molecule has 7 nitrogen and oxygen atoms in total. The second kappa shape index (κ2) is 11.5. The Kier molecular flexibility index (Phi) is 8.37. The number of rotatable bonds is 10. The Hall–Kier alpha value is -2.83. The summed E-state index contributed by atoms with van der Waals surface area (Å²) in [7, 11) is 0. The van der Waals surface area contributed by atoms with Crippen molar-refractivity contribution in [3.8, 4) is 11.8 Å². The van der Waals surface area contributed by atoms with Crippen molar-refractivity contribution in [1.82, 2.24) is 14.8 Å². The van der Waals surface area contributed by atoms with Gasteiger partial charge in [0.1, 0.15) is 23.4 Å². The molecular weight excluding hydrogens is 490 g/mol. The van der Waals surface area contributed by atoms with Crippen molar-refractivity contribution in [2.75, 3.05) is 11.1 Å². The fourth-order valence-electron chi connectivity index (χ4n) is 4.56. The van der Waals surface area contributed by atoms with Crippen LogP contribution >= 0.6 is 23.1 Å². The van der Waals surface area contributed by atoms with Gasteiger partial charge < -0.3 is 14.6 Å². The van der Waals surface area contributed by atoms with Gasteiger partial charge in [-0.05, 0) is 55.2 Å². The molecule has 0 unspecified atom stereocenters. The largest absolute Gasteiger partial charge is 0.486 e. The van der Waals surface area contributed by atoms with Gasteiger partial charge in [0.25, 0.3) is 0 Å². The van der Waals surface area contributed by atoms with Crippen molar-refractivity contribution in [2.45, 2.75) is 71.7 Å². The van der Waals surface area contributed by atoms with Crippen LogP contribution in [-0.4, -0.2) is 26.4 Å². The van der Waals surface area contributed by atoms with Crippen LogP contribution in [0.15, 0.2) is 35.5 Å². The van der Waals surface area contributed by atoms with Gasteiger partial charge in [-0.25, -0.2) is 0 Å². The van der Waals surface area contributed by atoms with Crippen molar-refractivity contribution >= 4 is 34.0 Å².